The number of fused-ring (bicyclic) bond motifs is 4. The monoisotopic (exact) mass is 332 g/mol. The SMILES string of the molecule is c1ccc2c(c1)oc1ccc(OCc3ccc4nsnc4c3)cc12. The van der Waals surface area contributed by atoms with Gasteiger partial charge in [0.1, 0.15) is 34.6 Å². The maximum absolute atomic E-state index is 5.96. The molecular weight excluding hydrogens is 320 g/mol. The molecule has 2 heterocycles. The van der Waals surface area contributed by atoms with E-state index >= 15 is 0 Å². The van der Waals surface area contributed by atoms with Crippen molar-refractivity contribution < 1.29 is 9.15 Å². The highest BCUT2D eigenvalue weighted by Crippen LogP contribution is 2.31. The van der Waals surface area contributed by atoms with E-state index in [0.717, 1.165) is 44.3 Å². The Hall–Kier alpha value is -2.92. The average molecular weight is 332 g/mol. The van der Waals surface area contributed by atoms with Gasteiger partial charge in [-0.2, -0.15) is 8.75 Å². The van der Waals surface area contributed by atoms with E-state index in [1.165, 1.54) is 11.7 Å². The quantitative estimate of drug-likeness (QED) is 0.457. The maximum Gasteiger partial charge on any atom is 0.135 e. The summed E-state index contributed by atoms with van der Waals surface area (Å²) in [7, 11) is 0. The summed E-state index contributed by atoms with van der Waals surface area (Å²) in [5.41, 5.74) is 4.68. The second-order valence-electron chi connectivity index (χ2n) is 5.63. The summed E-state index contributed by atoms with van der Waals surface area (Å²) in [6.45, 7) is 0.495. The van der Waals surface area contributed by atoms with E-state index in [0.29, 0.717) is 6.61 Å². The van der Waals surface area contributed by atoms with Gasteiger partial charge in [0, 0.05) is 10.8 Å². The minimum atomic E-state index is 0.495. The standard InChI is InChI=1S/C19H12N2O2S/c1-2-4-18-14(3-1)15-10-13(6-8-19(15)23-18)22-11-12-5-7-16-17(9-12)21-24-20-16/h1-10H,11H2. The zero-order chi connectivity index (χ0) is 15.9. The van der Waals surface area contributed by atoms with E-state index in [1.807, 2.05) is 54.6 Å². The molecule has 0 saturated carbocycles. The van der Waals surface area contributed by atoms with Gasteiger partial charge in [-0.25, -0.2) is 0 Å². The van der Waals surface area contributed by atoms with Crippen LogP contribution in [-0.2, 0) is 6.61 Å². The Kier molecular flexibility index (Phi) is 2.99. The number of para-hydroxylation sites is 1. The van der Waals surface area contributed by atoms with Crippen molar-refractivity contribution in [3.05, 3.63) is 66.2 Å². The number of hydrogen-bond acceptors (Lipinski definition) is 5. The molecule has 0 N–H and O–H groups in total. The molecule has 0 fully saturated rings. The van der Waals surface area contributed by atoms with Crippen molar-refractivity contribution in [3.63, 3.8) is 0 Å². The van der Waals surface area contributed by atoms with Gasteiger partial charge in [-0.05, 0) is 42.0 Å². The number of benzene rings is 3. The topological polar surface area (TPSA) is 48.2 Å². The Morgan fingerprint density at radius 3 is 2.71 bits per heavy atom. The van der Waals surface area contributed by atoms with E-state index in [2.05, 4.69) is 14.8 Å². The lowest BCUT2D eigenvalue weighted by Gasteiger charge is -2.06. The molecule has 0 spiro atoms. The minimum Gasteiger partial charge on any atom is -0.489 e. The Bertz CT molecular complexity index is 1180. The number of hydrogen-bond donors (Lipinski definition) is 0. The van der Waals surface area contributed by atoms with Gasteiger partial charge < -0.3 is 9.15 Å². The highest BCUT2D eigenvalue weighted by molar-refractivity contribution is 7.00. The number of rotatable bonds is 3. The molecule has 24 heavy (non-hydrogen) atoms. The van der Waals surface area contributed by atoms with Crippen molar-refractivity contribution >= 4 is 44.7 Å². The van der Waals surface area contributed by atoms with Crippen LogP contribution in [0.4, 0.5) is 0 Å². The summed E-state index contributed by atoms with van der Waals surface area (Å²) in [6.07, 6.45) is 0. The fraction of sp³-hybridized carbons (Fsp3) is 0.0526. The lowest BCUT2D eigenvalue weighted by atomic mass is 10.1. The van der Waals surface area contributed by atoms with Crippen molar-refractivity contribution in [2.24, 2.45) is 0 Å². The van der Waals surface area contributed by atoms with Gasteiger partial charge >= 0.3 is 0 Å². The van der Waals surface area contributed by atoms with Gasteiger partial charge in [-0.3, -0.25) is 0 Å². The van der Waals surface area contributed by atoms with Crippen LogP contribution in [0.1, 0.15) is 5.56 Å². The first-order valence-electron chi connectivity index (χ1n) is 7.62. The largest absolute Gasteiger partial charge is 0.489 e. The highest BCUT2D eigenvalue weighted by atomic mass is 32.1. The number of ether oxygens (including phenoxy) is 1. The first-order valence-corrected chi connectivity index (χ1v) is 8.35. The van der Waals surface area contributed by atoms with E-state index in [-0.39, 0.29) is 0 Å². The molecule has 0 aliphatic heterocycles. The molecule has 0 unspecified atom stereocenters. The van der Waals surface area contributed by atoms with Gasteiger partial charge in [0.15, 0.2) is 0 Å². The lowest BCUT2D eigenvalue weighted by Crippen LogP contribution is -1.95. The minimum absolute atomic E-state index is 0.495. The van der Waals surface area contributed by atoms with Crippen molar-refractivity contribution in [1.82, 2.24) is 8.75 Å². The summed E-state index contributed by atoms with van der Waals surface area (Å²) in [4.78, 5) is 0. The average Bonchev–Trinajstić information content (AvgIpc) is 3.23. The number of aromatic nitrogens is 2. The molecule has 0 amide bonds. The molecule has 5 heteroatoms. The third-order valence-electron chi connectivity index (χ3n) is 4.07. The third-order valence-corrected chi connectivity index (χ3v) is 4.63. The van der Waals surface area contributed by atoms with E-state index < -0.39 is 0 Å². The van der Waals surface area contributed by atoms with Crippen molar-refractivity contribution in [1.29, 1.82) is 0 Å². The first kappa shape index (κ1) is 13.5. The Labute approximate surface area is 141 Å². The number of furan rings is 1. The van der Waals surface area contributed by atoms with E-state index in [9.17, 15) is 0 Å². The van der Waals surface area contributed by atoms with Gasteiger partial charge in [0.25, 0.3) is 0 Å². The second-order valence-corrected chi connectivity index (χ2v) is 6.16. The predicted molar refractivity (Wildman–Crippen MR) is 95.5 cm³/mol. The molecular formula is C19H12N2O2S. The van der Waals surface area contributed by atoms with Crippen LogP contribution in [0.3, 0.4) is 0 Å². The summed E-state index contributed by atoms with van der Waals surface area (Å²) in [5.74, 6) is 0.825. The van der Waals surface area contributed by atoms with Gasteiger partial charge in [-0.15, -0.1) is 0 Å². The summed E-state index contributed by atoms with van der Waals surface area (Å²) in [5, 5.41) is 2.18. The molecule has 3 aromatic carbocycles. The summed E-state index contributed by atoms with van der Waals surface area (Å²) < 4.78 is 20.3. The highest BCUT2D eigenvalue weighted by Gasteiger charge is 2.08. The van der Waals surface area contributed by atoms with E-state index in [1.54, 1.807) is 0 Å². The normalized spacial score (nSPS) is 11.5. The van der Waals surface area contributed by atoms with Gasteiger partial charge in [-0.1, -0.05) is 24.3 Å². The molecule has 2 aromatic heterocycles. The van der Waals surface area contributed by atoms with Crippen molar-refractivity contribution in [2.45, 2.75) is 6.61 Å². The molecule has 5 aromatic rings. The zero-order valence-corrected chi connectivity index (χ0v) is 13.4. The van der Waals surface area contributed by atoms with Crippen LogP contribution in [0.2, 0.25) is 0 Å². The maximum atomic E-state index is 5.96. The van der Waals surface area contributed by atoms with Crippen LogP contribution >= 0.6 is 11.7 Å². The van der Waals surface area contributed by atoms with Crippen LogP contribution in [0, 0.1) is 0 Å². The number of nitrogens with zero attached hydrogens (tertiary/aromatic N) is 2. The Morgan fingerprint density at radius 1 is 0.833 bits per heavy atom. The molecule has 5 rings (SSSR count). The molecule has 0 bridgehead atoms. The van der Waals surface area contributed by atoms with Crippen LogP contribution in [0.15, 0.2) is 65.1 Å². The first-order chi connectivity index (χ1) is 11.9. The molecule has 0 radical (unpaired) electrons. The lowest BCUT2D eigenvalue weighted by molar-refractivity contribution is 0.307. The van der Waals surface area contributed by atoms with Crippen LogP contribution in [0.5, 0.6) is 5.75 Å². The van der Waals surface area contributed by atoms with Crippen molar-refractivity contribution in [3.8, 4) is 5.75 Å². The van der Waals surface area contributed by atoms with E-state index in [4.69, 9.17) is 9.15 Å². The molecule has 0 atom stereocenters. The Morgan fingerprint density at radius 2 is 1.71 bits per heavy atom. The van der Waals surface area contributed by atoms with Gasteiger partial charge in [0.05, 0.1) is 11.7 Å². The fourth-order valence-electron chi connectivity index (χ4n) is 2.88. The summed E-state index contributed by atoms with van der Waals surface area (Å²) >= 11 is 1.23. The fourth-order valence-corrected chi connectivity index (χ4v) is 3.40. The molecule has 0 saturated heterocycles. The third kappa shape index (κ3) is 2.21. The zero-order valence-electron chi connectivity index (χ0n) is 12.6. The second kappa shape index (κ2) is 5.32. The van der Waals surface area contributed by atoms with Gasteiger partial charge in [0.2, 0.25) is 0 Å². The van der Waals surface area contributed by atoms with Crippen LogP contribution in [-0.4, -0.2) is 8.75 Å². The van der Waals surface area contributed by atoms with Crippen molar-refractivity contribution in [2.75, 3.05) is 0 Å². The molecule has 4 nitrogen and oxygen atoms in total. The van der Waals surface area contributed by atoms with Crippen LogP contribution < -0.4 is 4.74 Å². The van der Waals surface area contributed by atoms with Crippen LogP contribution in [0.25, 0.3) is 33.0 Å². The predicted octanol–water partition coefficient (Wildman–Crippen LogP) is 5.17. The molecule has 0 aliphatic rings. The summed E-state index contributed by atoms with van der Waals surface area (Å²) in [6, 6.07) is 20.0. The Balaban J connectivity index is 1.46. The smallest absolute Gasteiger partial charge is 0.135 e. The molecule has 116 valence electrons. The molecule has 0 aliphatic carbocycles.